The van der Waals surface area contributed by atoms with Crippen molar-refractivity contribution in [2.45, 2.75) is 96.9 Å². The fraction of sp³-hybridized carbons (Fsp3) is 0.414. The predicted octanol–water partition coefficient (Wildman–Crippen LogP) is 10.4. The van der Waals surface area contributed by atoms with Crippen LogP contribution in [0.15, 0.2) is 157 Å². The lowest BCUT2D eigenvalue weighted by Crippen LogP contribution is -2.56. The van der Waals surface area contributed by atoms with Crippen molar-refractivity contribution >= 4 is 17.6 Å². The van der Waals surface area contributed by atoms with Crippen LogP contribution in [0.25, 0.3) is 0 Å². The minimum atomic E-state index is -1.49. The number of carbonyl (C=O) groups is 2. The van der Waals surface area contributed by atoms with Crippen molar-refractivity contribution in [3.05, 3.63) is 184 Å². The number of benzene rings is 5. The molecular weight excluding hydrogens is 895 g/mol. The monoisotopic (exact) mass is 968 g/mol. The number of ether oxygens (including phenoxy) is 3. The molecule has 0 saturated heterocycles. The second-order valence-corrected chi connectivity index (χ2v) is 18.9. The summed E-state index contributed by atoms with van der Waals surface area (Å²) in [5.41, 5.74) is 1.89. The first-order valence-electron chi connectivity index (χ1n) is 25.1. The maximum atomic E-state index is 13.7. The molecule has 71 heavy (non-hydrogen) atoms. The van der Waals surface area contributed by atoms with Gasteiger partial charge in [0.1, 0.15) is 24.7 Å². The van der Waals surface area contributed by atoms with Gasteiger partial charge in [0.15, 0.2) is 0 Å². The summed E-state index contributed by atoms with van der Waals surface area (Å²) in [6.45, 7) is 14.8. The molecule has 5 unspecified atom stereocenters. The summed E-state index contributed by atoms with van der Waals surface area (Å²) in [4.78, 5) is 46.1. The van der Waals surface area contributed by atoms with Gasteiger partial charge in [0, 0.05) is 81.1 Å². The molecule has 13 nitrogen and oxygen atoms in total. The molecule has 0 saturated carbocycles. The average Bonchev–Trinajstić information content (AvgIpc) is 3.39. The van der Waals surface area contributed by atoms with Gasteiger partial charge < -0.3 is 29.5 Å². The Morgan fingerprint density at radius 1 is 0.690 bits per heavy atom. The molecule has 13 heteroatoms. The number of carbonyl (C=O) groups excluding carboxylic acids is 1. The molecule has 1 heterocycles. The molecule has 0 aliphatic carbocycles. The van der Waals surface area contributed by atoms with Gasteiger partial charge in [-0.25, -0.2) is 4.79 Å². The average molecular weight is 968 g/mol. The fourth-order valence-corrected chi connectivity index (χ4v) is 9.90. The molecule has 0 amide bonds. The molecule has 0 bridgehead atoms. The number of methoxy groups -OCH3 is 1. The van der Waals surface area contributed by atoms with E-state index in [2.05, 4.69) is 82.4 Å². The third kappa shape index (κ3) is 15.2. The number of rotatable bonds is 29. The molecule has 5 aromatic carbocycles. The number of non-ortho nitro benzene ring substituents is 1. The summed E-state index contributed by atoms with van der Waals surface area (Å²) in [5, 5.41) is 26.4. The van der Waals surface area contributed by atoms with Crippen LogP contribution < -0.4 is 14.8 Å². The number of nitrogens with zero attached hydrogens (tertiary/aromatic N) is 4. The zero-order chi connectivity index (χ0) is 50.6. The first-order valence-corrected chi connectivity index (χ1v) is 25.1. The SMILES string of the molecule is COC(=O)C1=C(C)NC(C)C(CCCCCCN(CCN(Cc2ccccc2)C(C)COc2ccccc2)CCN(Cc2ccccc2)C(C)COc2ccccc2)(C(=O)O)C1c1cccc([N+](=O)[O-])c1. The highest BCUT2D eigenvalue weighted by atomic mass is 16.6. The van der Waals surface area contributed by atoms with Gasteiger partial charge in [-0.3, -0.25) is 24.7 Å². The highest BCUT2D eigenvalue weighted by Crippen LogP contribution is 2.52. The van der Waals surface area contributed by atoms with Crippen molar-refractivity contribution in [2.75, 3.05) is 53.0 Å². The number of hydrogen-bond donors (Lipinski definition) is 2. The van der Waals surface area contributed by atoms with Crippen molar-refractivity contribution < 1.29 is 33.8 Å². The standard InChI is InChI=1S/C58H73N5O8/c1-44(42-70-52-29-16-10-17-30-52)61(40-48-23-12-8-13-24-48)37-35-60(36-38-62(41-49-25-14-9-15-26-49)45(2)43-71-53-31-18-11-19-32-53)34-21-7-6-20-33-58(57(65)66)47(4)59-46(3)54(56(64)69-5)55(58)50-27-22-28-51(39-50)63(67)68/h8-19,22-32,39,44-45,47,55,59H,6-7,20-21,33-38,40-43H2,1-5H3,(H,65,66). The molecule has 6 rings (SSSR count). The summed E-state index contributed by atoms with van der Waals surface area (Å²) in [7, 11) is 1.26. The Bertz CT molecular complexity index is 2340. The van der Waals surface area contributed by atoms with Gasteiger partial charge in [0.25, 0.3) is 5.69 Å². The van der Waals surface area contributed by atoms with E-state index in [1.54, 1.807) is 19.1 Å². The summed E-state index contributed by atoms with van der Waals surface area (Å²) in [6, 6.07) is 46.7. The second-order valence-electron chi connectivity index (χ2n) is 18.9. The number of aliphatic carboxylic acids is 1. The maximum absolute atomic E-state index is 13.7. The van der Waals surface area contributed by atoms with Crippen molar-refractivity contribution in [3.63, 3.8) is 0 Å². The lowest BCUT2D eigenvalue weighted by Gasteiger charge is -2.47. The van der Waals surface area contributed by atoms with Crippen LogP contribution in [0, 0.1) is 15.5 Å². The predicted molar refractivity (Wildman–Crippen MR) is 279 cm³/mol. The number of allylic oxidation sites excluding steroid dienone is 1. The number of nitro groups is 1. The van der Waals surface area contributed by atoms with Crippen molar-refractivity contribution in [1.82, 2.24) is 20.0 Å². The molecule has 0 spiro atoms. The van der Waals surface area contributed by atoms with Crippen LogP contribution in [0.2, 0.25) is 0 Å². The minimum absolute atomic E-state index is 0.129. The van der Waals surface area contributed by atoms with Crippen LogP contribution in [-0.2, 0) is 27.4 Å². The number of nitrogens with one attached hydrogen (secondary N) is 1. The number of carboxylic acid groups (broad SMARTS) is 1. The Hall–Kier alpha value is -6.54. The second kappa shape index (κ2) is 27.2. The first kappa shape index (κ1) is 53.8. The molecule has 2 N–H and O–H groups in total. The van der Waals surface area contributed by atoms with Crippen molar-refractivity contribution in [1.29, 1.82) is 0 Å². The number of carboxylic acids is 1. The number of esters is 1. The molecule has 5 atom stereocenters. The summed E-state index contributed by atoms with van der Waals surface area (Å²) in [5.74, 6) is -1.00. The van der Waals surface area contributed by atoms with Gasteiger partial charge in [-0.05, 0) is 88.0 Å². The molecule has 5 aromatic rings. The smallest absolute Gasteiger partial charge is 0.336 e. The number of hydrogen-bond acceptors (Lipinski definition) is 11. The Morgan fingerprint density at radius 2 is 1.18 bits per heavy atom. The first-order chi connectivity index (χ1) is 34.4. The number of para-hydroxylation sites is 2. The lowest BCUT2D eigenvalue weighted by molar-refractivity contribution is -0.384. The van der Waals surface area contributed by atoms with E-state index in [-0.39, 0.29) is 29.8 Å². The molecule has 0 radical (unpaired) electrons. The van der Waals surface area contributed by atoms with Gasteiger partial charge >= 0.3 is 11.9 Å². The topological polar surface area (TPSA) is 147 Å². The molecule has 1 aliphatic rings. The zero-order valence-corrected chi connectivity index (χ0v) is 42.2. The Morgan fingerprint density at radius 3 is 1.66 bits per heavy atom. The highest BCUT2D eigenvalue weighted by molar-refractivity contribution is 5.94. The fourth-order valence-electron chi connectivity index (χ4n) is 9.90. The Kier molecular flexibility index (Phi) is 20.6. The quantitative estimate of drug-likeness (QED) is 0.0203. The van der Waals surface area contributed by atoms with E-state index in [1.165, 1.54) is 30.4 Å². The largest absolute Gasteiger partial charge is 0.492 e. The van der Waals surface area contributed by atoms with Crippen LogP contribution in [0.1, 0.15) is 82.4 Å². The molecule has 0 aromatic heterocycles. The summed E-state index contributed by atoms with van der Waals surface area (Å²) in [6.07, 6.45) is 3.33. The third-order valence-corrected chi connectivity index (χ3v) is 14.0. The van der Waals surface area contributed by atoms with Crippen LogP contribution in [0.3, 0.4) is 0 Å². The van der Waals surface area contributed by atoms with Crippen molar-refractivity contribution in [2.24, 2.45) is 5.41 Å². The highest BCUT2D eigenvalue weighted by Gasteiger charge is 2.56. The van der Waals surface area contributed by atoms with Crippen LogP contribution in [0.5, 0.6) is 11.5 Å². The van der Waals surface area contributed by atoms with E-state index in [0.29, 0.717) is 30.9 Å². The van der Waals surface area contributed by atoms with E-state index in [4.69, 9.17) is 14.2 Å². The Balaban J connectivity index is 1.19. The van der Waals surface area contributed by atoms with Gasteiger partial charge in [-0.15, -0.1) is 0 Å². The van der Waals surface area contributed by atoms with E-state index < -0.39 is 34.2 Å². The summed E-state index contributed by atoms with van der Waals surface area (Å²) < 4.78 is 17.8. The van der Waals surface area contributed by atoms with Gasteiger partial charge in [-0.2, -0.15) is 0 Å². The lowest BCUT2D eigenvalue weighted by atomic mass is 9.60. The minimum Gasteiger partial charge on any atom is -0.492 e. The normalized spacial score (nSPS) is 17.7. The maximum Gasteiger partial charge on any atom is 0.336 e. The van der Waals surface area contributed by atoms with Crippen molar-refractivity contribution in [3.8, 4) is 11.5 Å². The van der Waals surface area contributed by atoms with Crippen LogP contribution in [0.4, 0.5) is 5.69 Å². The molecule has 1 aliphatic heterocycles. The molecule has 378 valence electrons. The van der Waals surface area contributed by atoms with Crippen LogP contribution >= 0.6 is 0 Å². The summed E-state index contributed by atoms with van der Waals surface area (Å²) >= 11 is 0. The Labute approximate surface area is 420 Å². The third-order valence-electron chi connectivity index (χ3n) is 14.0. The van der Waals surface area contributed by atoms with E-state index in [9.17, 15) is 24.8 Å². The number of nitro benzene ring substituents is 1. The van der Waals surface area contributed by atoms with E-state index in [0.717, 1.165) is 76.6 Å². The molecule has 0 fully saturated rings. The van der Waals surface area contributed by atoms with E-state index >= 15 is 0 Å². The van der Waals surface area contributed by atoms with Gasteiger partial charge in [-0.1, -0.05) is 128 Å². The number of unbranched alkanes of at least 4 members (excludes halogenated alkanes) is 3. The molecular formula is C58H73N5O8. The van der Waals surface area contributed by atoms with Gasteiger partial charge in [0.2, 0.25) is 0 Å². The zero-order valence-electron chi connectivity index (χ0n) is 42.2. The van der Waals surface area contributed by atoms with E-state index in [1.807, 2.05) is 79.7 Å². The van der Waals surface area contributed by atoms with Gasteiger partial charge in [0.05, 0.1) is 23.0 Å². The van der Waals surface area contributed by atoms with Crippen LogP contribution in [-0.4, -0.2) is 108 Å².